The number of rotatable bonds is 9. The lowest BCUT2D eigenvalue weighted by atomic mass is 10.3. The molecule has 0 spiro atoms. The second-order valence-corrected chi connectivity index (χ2v) is 6.63. The van der Waals surface area contributed by atoms with Crippen LogP contribution in [0, 0.1) is 12.8 Å². The van der Waals surface area contributed by atoms with E-state index in [0.717, 1.165) is 25.6 Å². The van der Waals surface area contributed by atoms with Gasteiger partial charge in [0.25, 0.3) is 0 Å². The molecule has 108 valence electrons. The molecular formula is C15H27N3S. The van der Waals surface area contributed by atoms with Gasteiger partial charge in [-0.1, -0.05) is 13.8 Å². The van der Waals surface area contributed by atoms with Crippen LogP contribution in [-0.4, -0.2) is 24.6 Å². The first-order chi connectivity index (χ1) is 9.24. The van der Waals surface area contributed by atoms with Crippen molar-refractivity contribution in [1.82, 2.24) is 10.3 Å². The lowest BCUT2D eigenvalue weighted by Gasteiger charge is -2.20. The van der Waals surface area contributed by atoms with Gasteiger partial charge < -0.3 is 10.2 Å². The van der Waals surface area contributed by atoms with Crippen LogP contribution in [0.2, 0.25) is 0 Å². The number of hydrogen-bond donors (Lipinski definition) is 1. The van der Waals surface area contributed by atoms with E-state index in [2.05, 4.69) is 31.0 Å². The van der Waals surface area contributed by atoms with Crippen LogP contribution in [0.4, 0.5) is 5.13 Å². The van der Waals surface area contributed by atoms with E-state index in [0.29, 0.717) is 0 Å². The highest BCUT2D eigenvalue weighted by Crippen LogP contribution is 2.33. The minimum absolute atomic E-state index is 0.928. The quantitative estimate of drug-likeness (QED) is 0.701. The summed E-state index contributed by atoms with van der Waals surface area (Å²) in [5.41, 5.74) is 1.21. The normalized spacial score (nSPS) is 14.9. The van der Waals surface area contributed by atoms with Crippen LogP contribution in [0.1, 0.15) is 50.1 Å². The Morgan fingerprint density at radius 1 is 1.32 bits per heavy atom. The van der Waals surface area contributed by atoms with Crippen LogP contribution >= 0.6 is 11.3 Å². The number of nitrogens with one attached hydrogen (secondary N) is 1. The molecule has 1 aliphatic rings. The Balaban J connectivity index is 1.98. The number of nitrogens with zero attached hydrogens (tertiary/aromatic N) is 2. The van der Waals surface area contributed by atoms with Crippen molar-refractivity contribution in [3.05, 3.63) is 10.6 Å². The first-order valence-corrected chi connectivity index (χ1v) is 8.48. The highest BCUT2D eigenvalue weighted by molar-refractivity contribution is 7.15. The lowest BCUT2D eigenvalue weighted by molar-refractivity contribution is 0.678. The van der Waals surface area contributed by atoms with E-state index >= 15 is 0 Å². The van der Waals surface area contributed by atoms with Gasteiger partial charge in [-0.3, -0.25) is 0 Å². The van der Waals surface area contributed by atoms with Crippen molar-refractivity contribution in [2.45, 2.75) is 53.0 Å². The van der Waals surface area contributed by atoms with Gasteiger partial charge in [0.15, 0.2) is 5.13 Å². The molecule has 4 heteroatoms. The molecule has 0 saturated heterocycles. The Hall–Kier alpha value is -0.610. The van der Waals surface area contributed by atoms with Crippen molar-refractivity contribution in [2.75, 3.05) is 24.5 Å². The Bertz CT molecular complexity index is 385. The van der Waals surface area contributed by atoms with Gasteiger partial charge in [0.1, 0.15) is 0 Å². The summed E-state index contributed by atoms with van der Waals surface area (Å²) in [5, 5.41) is 4.72. The number of thiazole rings is 1. The third-order valence-corrected chi connectivity index (χ3v) is 4.75. The topological polar surface area (TPSA) is 28.2 Å². The second kappa shape index (κ2) is 7.25. The van der Waals surface area contributed by atoms with Crippen molar-refractivity contribution < 1.29 is 0 Å². The van der Waals surface area contributed by atoms with Crippen molar-refractivity contribution >= 4 is 16.5 Å². The molecule has 1 aliphatic carbocycles. The standard InChI is InChI=1S/C15H27N3S/c1-4-8-16-10-14-12(3)17-15(19-14)18(9-5-2)11-13-6-7-13/h13,16H,4-11H2,1-3H3. The molecule has 0 aromatic carbocycles. The van der Waals surface area contributed by atoms with E-state index in [1.807, 2.05) is 11.3 Å². The first kappa shape index (κ1) is 14.8. The van der Waals surface area contributed by atoms with E-state index < -0.39 is 0 Å². The van der Waals surface area contributed by atoms with Gasteiger partial charge in [-0.25, -0.2) is 4.98 Å². The van der Waals surface area contributed by atoms with E-state index in [4.69, 9.17) is 4.98 Å². The molecule has 19 heavy (non-hydrogen) atoms. The maximum Gasteiger partial charge on any atom is 0.185 e. The Morgan fingerprint density at radius 2 is 2.11 bits per heavy atom. The highest BCUT2D eigenvalue weighted by Gasteiger charge is 2.25. The van der Waals surface area contributed by atoms with Crippen LogP contribution in [0.5, 0.6) is 0 Å². The molecule has 1 heterocycles. The van der Waals surface area contributed by atoms with Crippen LogP contribution in [0.3, 0.4) is 0 Å². The molecule has 0 unspecified atom stereocenters. The Labute approximate surface area is 121 Å². The van der Waals surface area contributed by atoms with Crippen molar-refractivity contribution in [2.24, 2.45) is 5.92 Å². The fourth-order valence-corrected chi connectivity index (χ4v) is 3.30. The van der Waals surface area contributed by atoms with Gasteiger partial charge in [-0.2, -0.15) is 0 Å². The molecule has 2 rings (SSSR count). The molecule has 0 amide bonds. The van der Waals surface area contributed by atoms with Gasteiger partial charge in [0.2, 0.25) is 0 Å². The third-order valence-electron chi connectivity index (χ3n) is 3.53. The summed E-state index contributed by atoms with van der Waals surface area (Å²) < 4.78 is 0. The van der Waals surface area contributed by atoms with E-state index in [1.165, 1.54) is 47.9 Å². The van der Waals surface area contributed by atoms with Gasteiger partial charge in [-0.15, -0.1) is 11.3 Å². The summed E-state index contributed by atoms with van der Waals surface area (Å²) in [7, 11) is 0. The largest absolute Gasteiger partial charge is 0.348 e. The minimum Gasteiger partial charge on any atom is -0.348 e. The summed E-state index contributed by atoms with van der Waals surface area (Å²) in [4.78, 5) is 8.70. The van der Waals surface area contributed by atoms with Crippen molar-refractivity contribution in [3.63, 3.8) is 0 Å². The molecule has 0 aliphatic heterocycles. The van der Waals surface area contributed by atoms with Gasteiger partial charge in [-0.05, 0) is 45.1 Å². The number of aromatic nitrogens is 1. The highest BCUT2D eigenvalue weighted by atomic mass is 32.1. The number of anilines is 1. The predicted octanol–water partition coefficient (Wildman–Crippen LogP) is 3.58. The average Bonchev–Trinajstić information content (AvgIpc) is 3.13. The summed E-state index contributed by atoms with van der Waals surface area (Å²) in [6.45, 7) is 11.0. The molecule has 0 atom stereocenters. The second-order valence-electron chi connectivity index (χ2n) is 5.57. The van der Waals surface area contributed by atoms with E-state index in [-0.39, 0.29) is 0 Å². The van der Waals surface area contributed by atoms with Crippen LogP contribution in [0.25, 0.3) is 0 Å². The molecule has 1 fully saturated rings. The number of aryl methyl sites for hydroxylation is 1. The maximum absolute atomic E-state index is 4.79. The number of hydrogen-bond acceptors (Lipinski definition) is 4. The van der Waals surface area contributed by atoms with Crippen molar-refractivity contribution in [1.29, 1.82) is 0 Å². The maximum atomic E-state index is 4.79. The Morgan fingerprint density at radius 3 is 2.74 bits per heavy atom. The van der Waals surface area contributed by atoms with Crippen molar-refractivity contribution in [3.8, 4) is 0 Å². The molecule has 1 saturated carbocycles. The van der Waals surface area contributed by atoms with Gasteiger partial charge in [0.05, 0.1) is 5.69 Å². The predicted molar refractivity (Wildman–Crippen MR) is 84.1 cm³/mol. The smallest absolute Gasteiger partial charge is 0.185 e. The van der Waals surface area contributed by atoms with Crippen LogP contribution in [-0.2, 0) is 6.54 Å². The third kappa shape index (κ3) is 4.46. The first-order valence-electron chi connectivity index (χ1n) is 7.66. The van der Waals surface area contributed by atoms with E-state index in [1.54, 1.807) is 0 Å². The summed E-state index contributed by atoms with van der Waals surface area (Å²) in [6.07, 6.45) is 5.22. The Kier molecular flexibility index (Phi) is 5.64. The lowest BCUT2D eigenvalue weighted by Crippen LogP contribution is -2.26. The zero-order valence-electron chi connectivity index (χ0n) is 12.5. The molecule has 1 aromatic rings. The molecule has 3 nitrogen and oxygen atoms in total. The summed E-state index contributed by atoms with van der Waals surface area (Å²) in [6, 6.07) is 0. The summed E-state index contributed by atoms with van der Waals surface area (Å²) in [5.74, 6) is 0.928. The van der Waals surface area contributed by atoms with Crippen LogP contribution in [0.15, 0.2) is 0 Å². The average molecular weight is 281 g/mol. The molecule has 0 radical (unpaired) electrons. The molecule has 1 N–H and O–H groups in total. The zero-order chi connectivity index (χ0) is 13.7. The molecular weight excluding hydrogens is 254 g/mol. The van der Waals surface area contributed by atoms with Gasteiger partial charge >= 0.3 is 0 Å². The fraction of sp³-hybridized carbons (Fsp3) is 0.800. The monoisotopic (exact) mass is 281 g/mol. The van der Waals surface area contributed by atoms with Gasteiger partial charge in [0, 0.05) is 24.5 Å². The minimum atomic E-state index is 0.928. The molecule has 0 bridgehead atoms. The SMILES string of the molecule is CCCNCc1sc(N(CCC)CC2CC2)nc1C. The fourth-order valence-electron chi connectivity index (χ4n) is 2.24. The van der Waals surface area contributed by atoms with Crippen LogP contribution < -0.4 is 10.2 Å². The van der Waals surface area contributed by atoms with E-state index in [9.17, 15) is 0 Å². The summed E-state index contributed by atoms with van der Waals surface area (Å²) >= 11 is 1.88. The zero-order valence-corrected chi connectivity index (χ0v) is 13.4. The molecule has 1 aromatic heterocycles.